The van der Waals surface area contributed by atoms with Crippen molar-refractivity contribution < 1.29 is 8.42 Å². The van der Waals surface area contributed by atoms with Crippen LogP contribution in [0.25, 0.3) is 0 Å². The van der Waals surface area contributed by atoms with E-state index in [4.69, 9.17) is 0 Å². The van der Waals surface area contributed by atoms with Crippen molar-refractivity contribution >= 4 is 27.5 Å². The second kappa shape index (κ2) is 8.36. The first-order valence-corrected chi connectivity index (χ1v) is 11.2. The largest absolute Gasteiger partial charge is 0.354 e. The Bertz CT molecular complexity index is 1090. The summed E-state index contributed by atoms with van der Waals surface area (Å²) in [4.78, 5) is 18.9. The van der Waals surface area contributed by atoms with Crippen molar-refractivity contribution in [3.05, 3.63) is 49.3 Å². The number of piperazine rings is 1. The molecular formula is C19H24N8O2S. The molecule has 1 N–H and O–H groups in total. The zero-order valence-corrected chi connectivity index (χ0v) is 17.7. The van der Waals surface area contributed by atoms with Crippen LogP contribution in [0.5, 0.6) is 0 Å². The molecule has 0 amide bonds. The second-order valence-corrected chi connectivity index (χ2v) is 9.13. The molecular weight excluding hydrogens is 404 g/mol. The highest BCUT2D eigenvalue weighted by Crippen LogP contribution is 2.21. The molecule has 1 aliphatic heterocycles. The number of pyridine rings is 1. The first kappa shape index (κ1) is 20.2. The molecule has 0 unspecified atom stereocenters. The summed E-state index contributed by atoms with van der Waals surface area (Å²) in [6, 6.07) is 7.58. The topological polar surface area (TPSA) is 109 Å². The van der Waals surface area contributed by atoms with Crippen LogP contribution in [0.2, 0.25) is 0 Å². The molecule has 1 fully saturated rings. The van der Waals surface area contributed by atoms with Gasteiger partial charge in [-0.3, -0.25) is 0 Å². The highest BCUT2D eigenvalue weighted by molar-refractivity contribution is 7.89. The molecule has 1 aliphatic rings. The Morgan fingerprint density at radius 1 is 1.00 bits per heavy atom. The van der Waals surface area contributed by atoms with Crippen LogP contribution in [-0.4, -0.2) is 63.4 Å². The van der Waals surface area contributed by atoms with Crippen LogP contribution in [0.15, 0.2) is 54.3 Å². The van der Waals surface area contributed by atoms with Gasteiger partial charge in [0.2, 0.25) is 0 Å². The average molecular weight is 429 g/mol. The van der Waals surface area contributed by atoms with Crippen molar-refractivity contribution in [2.75, 3.05) is 36.4 Å². The summed E-state index contributed by atoms with van der Waals surface area (Å²) < 4.78 is 29.1. The summed E-state index contributed by atoms with van der Waals surface area (Å²) in [6.07, 6.45) is 6.34. The molecule has 0 radical (unpaired) electrons. The summed E-state index contributed by atoms with van der Waals surface area (Å²) in [7, 11) is -3.61. The summed E-state index contributed by atoms with van der Waals surface area (Å²) in [6.45, 7) is 5.76. The molecule has 3 aromatic heterocycles. The maximum Gasteiger partial charge on any atom is 0.262 e. The number of hydrogen-bond donors (Lipinski definition) is 1. The zero-order chi connectivity index (χ0) is 21.1. The first-order chi connectivity index (χ1) is 14.4. The first-order valence-electron chi connectivity index (χ1n) is 9.72. The van der Waals surface area contributed by atoms with E-state index in [0.29, 0.717) is 37.8 Å². The molecule has 3 aromatic rings. The lowest BCUT2D eigenvalue weighted by atomic mass is 10.3. The number of hydrogen-bond acceptors (Lipinski definition) is 8. The van der Waals surface area contributed by atoms with Crippen molar-refractivity contribution in [1.82, 2.24) is 28.8 Å². The van der Waals surface area contributed by atoms with Gasteiger partial charge in [0.15, 0.2) is 5.03 Å². The van der Waals surface area contributed by atoms with Crippen molar-refractivity contribution in [2.45, 2.75) is 24.9 Å². The third kappa shape index (κ3) is 4.26. The smallest absolute Gasteiger partial charge is 0.262 e. The van der Waals surface area contributed by atoms with Crippen LogP contribution in [0.1, 0.15) is 19.9 Å². The summed E-state index contributed by atoms with van der Waals surface area (Å²) in [5.41, 5.74) is 0. The minimum Gasteiger partial charge on any atom is -0.354 e. The molecule has 0 aromatic carbocycles. The Kier molecular flexibility index (Phi) is 5.64. The number of nitrogens with zero attached hydrogens (tertiary/aromatic N) is 7. The summed E-state index contributed by atoms with van der Waals surface area (Å²) in [5, 5.41) is 3.23. The van der Waals surface area contributed by atoms with Gasteiger partial charge in [0.1, 0.15) is 23.8 Å². The molecule has 0 atom stereocenters. The Morgan fingerprint density at radius 2 is 1.80 bits per heavy atom. The number of anilines is 3. The average Bonchev–Trinajstić information content (AvgIpc) is 3.26. The van der Waals surface area contributed by atoms with Crippen molar-refractivity contribution in [3.63, 3.8) is 0 Å². The molecule has 4 rings (SSSR count). The molecule has 0 aliphatic carbocycles. The van der Waals surface area contributed by atoms with E-state index in [2.05, 4.69) is 25.3 Å². The number of imidazole rings is 1. The van der Waals surface area contributed by atoms with Gasteiger partial charge in [-0.1, -0.05) is 6.07 Å². The third-order valence-electron chi connectivity index (χ3n) is 4.91. The van der Waals surface area contributed by atoms with Crippen LogP contribution in [0, 0.1) is 0 Å². The Hall–Kier alpha value is -3.05. The SMILES string of the molecule is CC(C)n1cnc(S(=O)(=O)N2CCN(c3cc(Nc4ccccn4)ncn3)CC2)c1. The fraction of sp³-hybridized carbons (Fsp3) is 0.368. The van der Waals surface area contributed by atoms with Crippen LogP contribution in [0.3, 0.4) is 0 Å². The van der Waals surface area contributed by atoms with Gasteiger partial charge < -0.3 is 14.8 Å². The third-order valence-corrected chi connectivity index (χ3v) is 6.70. The van der Waals surface area contributed by atoms with E-state index in [1.807, 2.05) is 43.0 Å². The second-order valence-electron chi connectivity index (χ2n) is 7.25. The van der Waals surface area contributed by atoms with E-state index in [1.54, 1.807) is 23.3 Å². The molecule has 0 spiro atoms. The molecule has 0 bridgehead atoms. The van der Waals surface area contributed by atoms with E-state index in [1.165, 1.54) is 10.6 Å². The normalized spacial score (nSPS) is 15.5. The Balaban J connectivity index is 1.42. The van der Waals surface area contributed by atoms with Crippen molar-refractivity contribution in [3.8, 4) is 0 Å². The monoisotopic (exact) mass is 428 g/mol. The van der Waals surface area contributed by atoms with Gasteiger partial charge in [-0.2, -0.15) is 4.31 Å². The van der Waals surface area contributed by atoms with E-state index < -0.39 is 10.0 Å². The van der Waals surface area contributed by atoms with Crippen molar-refractivity contribution in [1.29, 1.82) is 0 Å². The minimum atomic E-state index is -3.61. The van der Waals surface area contributed by atoms with Gasteiger partial charge in [0.25, 0.3) is 10.0 Å². The fourth-order valence-electron chi connectivity index (χ4n) is 3.18. The van der Waals surface area contributed by atoms with E-state index in [9.17, 15) is 8.42 Å². The molecule has 0 saturated carbocycles. The number of sulfonamides is 1. The number of rotatable bonds is 6. The van der Waals surface area contributed by atoms with Gasteiger partial charge in [-0.05, 0) is 26.0 Å². The lowest BCUT2D eigenvalue weighted by Crippen LogP contribution is -2.49. The quantitative estimate of drug-likeness (QED) is 0.634. The number of aromatic nitrogens is 5. The lowest BCUT2D eigenvalue weighted by molar-refractivity contribution is 0.382. The van der Waals surface area contributed by atoms with Gasteiger partial charge >= 0.3 is 0 Å². The van der Waals surface area contributed by atoms with E-state index in [-0.39, 0.29) is 11.1 Å². The highest BCUT2D eigenvalue weighted by Gasteiger charge is 2.30. The van der Waals surface area contributed by atoms with Crippen LogP contribution >= 0.6 is 0 Å². The maximum atomic E-state index is 12.9. The highest BCUT2D eigenvalue weighted by atomic mass is 32.2. The van der Waals surface area contributed by atoms with E-state index >= 15 is 0 Å². The molecule has 158 valence electrons. The predicted molar refractivity (Wildman–Crippen MR) is 113 cm³/mol. The van der Waals surface area contributed by atoms with Crippen LogP contribution in [0.4, 0.5) is 17.5 Å². The molecule has 4 heterocycles. The maximum absolute atomic E-state index is 12.9. The minimum absolute atomic E-state index is 0.0912. The predicted octanol–water partition coefficient (Wildman–Crippen LogP) is 1.90. The molecule has 30 heavy (non-hydrogen) atoms. The van der Waals surface area contributed by atoms with E-state index in [0.717, 1.165) is 5.82 Å². The Labute approximate surface area is 175 Å². The van der Waals surface area contributed by atoms with Gasteiger partial charge in [-0.25, -0.2) is 28.4 Å². The van der Waals surface area contributed by atoms with Crippen LogP contribution in [-0.2, 0) is 10.0 Å². The number of nitrogens with one attached hydrogen (secondary N) is 1. The van der Waals surface area contributed by atoms with Crippen molar-refractivity contribution in [2.24, 2.45) is 0 Å². The van der Waals surface area contributed by atoms with Gasteiger partial charge in [-0.15, -0.1) is 0 Å². The molecule has 11 heteroatoms. The molecule has 1 saturated heterocycles. The summed E-state index contributed by atoms with van der Waals surface area (Å²) in [5.74, 6) is 2.07. The summed E-state index contributed by atoms with van der Waals surface area (Å²) >= 11 is 0. The molecule has 10 nitrogen and oxygen atoms in total. The van der Waals surface area contributed by atoms with Crippen LogP contribution < -0.4 is 10.2 Å². The van der Waals surface area contributed by atoms with Gasteiger partial charge in [0.05, 0.1) is 6.33 Å². The lowest BCUT2D eigenvalue weighted by Gasteiger charge is -2.34. The van der Waals surface area contributed by atoms with Gasteiger partial charge in [0, 0.05) is 50.7 Å². The standard InChI is InChI=1S/C19H24N8O2S/c1-15(2)26-12-19(23-14-26)30(28,29)27-9-7-25(8-10-27)18-11-17(21-13-22-18)24-16-5-3-4-6-20-16/h3-6,11-15H,7-10H2,1-2H3,(H,20,21,22,24). The zero-order valence-electron chi connectivity index (χ0n) is 16.9. The Morgan fingerprint density at radius 3 is 2.47 bits per heavy atom. The fourth-order valence-corrected chi connectivity index (χ4v) is 4.52.